The number of amides is 1. The molecule has 0 radical (unpaired) electrons. The Balaban J connectivity index is 2.25. The Morgan fingerprint density at radius 2 is 2.32 bits per heavy atom. The molecule has 2 aliphatic heterocycles. The van der Waals surface area contributed by atoms with Crippen molar-refractivity contribution in [1.82, 2.24) is 5.32 Å². The van der Waals surface area contributed by atoms with Gasteiger partial charge in [0.1, 0.15) is 11.5 Å². The molecule has 96 valence electrons. The average molecular weight is 253 g/mol. The molecular formula is C16H15NO2. The fraction of sp³-hybridized carbons (Fsp3) is 0.188. The maximum absolute atomic E-state index is 11.9. The van der Waals surface area contributed by atoms with E-state index in [0.29, 0.717) is 12.1 Å². The minimum Gasteiger partial charge on any atom is -0.457 e. The zero-order chi connectivity index (χ0) is 13.4. The number of hydrogen-bond donors (Lipinski definition) is 1. The van der Waals surface area contributed by atoms with Crippen LogP contribution >= 0.6 is 0 Å². The van der Waals surface area contributed by atoms with E-state index in [2.05, 4.69) is 11.9 Å². The van der Waals surface area contributed by atoms with Gasteiger partial charge in [-0.1, -0.05) is 24.8 Å². The molecule has 0 spiro atoms. The summed E-state index contributed by atoms with van der Waals surface area (Å²) in [5.41, 5.74) is 2.77. The Kier molecular flexibility index (Phi) is 2.75. The van der Waals surface area contributed by atoms with E-state index in [1.54, 1.807) is 6.08 Å². The molecule has 1 unspecified atom stereocenters. The number of allylic oxidation sites excluding steroid dienone is 4. The third kappa shape index (κ3) is 1.70. The summed E-state index contributed by atoms with van der Waals surface area (Å²) in [6, 6.07) is 5.61. The molecule has 1 amide bonds. The average Bonchev–Trinajstić information content (AvgIpc) is 2.44. The molecule has 0 bridgehead atoms. The lowest BCUT2D eigenvalue weighted by molar-refractivity contribution is 0.0940. The Labute approximate surface area is 112 Å². The van der Waals surface area contributed by atoms with Crippen LogP contribution in [-0.2, 0) is 0 Å². The molecular weight excluding hydrogens is 238 g/mol. The first kappa shape index (κ1) is 11.8. The fourth-order valence-corrected chi connectivity index (χ4v) is 2.75. The number of benzene rings is 1. The summed E-state index contributed by atoms with van der Waals surface area (Å²) >= 11 is 0. The van der Waals surface area contributed by atoms with Gasteiger partial charge in [-0.05, 0) is 25.1 Å². The molecule has 3 heteroatoms. The first-order valence-corrected chi connectivity index (χ1v) is 6.34. The normalized spacial score (nSPS) is 24.7. The molecule has 19 heavy (non-hydrogen) atoms. The van der Waals surface area contributed by atoms with Gasteiger partial charge in [0.2, 0.25) is 0 Å². The molecule has 2 aliphatic rings. The van der Waals surface area contributed by atoms with Crippen LogP contribution in [0, 0.1) is 0 Å². The van der Waals surface area contributed by atoms with Crippen LogP contribution in [0.4, 0.5) is 0 Å². The number of carbonyl (C=O) groups is 1. The number of carbonyl (C=O) groups excluding carboxylic acids is 1. The van der Waals surface area contributed by atoms with Gasteiger partial charge >= 0.3 is 0 Å². The van der Waals surface area contributed by atoms with Gasteiger partial charge in [0.25, 0.3) is 5.91 Å². The second kappa shape index (κ2) is 4.43. The van der Waals surface area contributed by atoms with Crippen molar-refractivity contribution in [1.29, 1.82) is 0 Å². The quantitative estimate of drug-likeness (QED) is 0.835. The molecule has 1 aromatic carbocycles. The summed E-state index contributed by atoms with van der Waals surface area (Å²) in [4.78, 5) is 11.9. The molecule has 0 aromatic heterocycles. The summed E-state index contributed by atoms with van der Waals surface area (Å²) in [5, 5.41) is 2.94. The smallest absolute Gasteiger partial charge is 0.251 e. The third-order valence-electron chi connectivity index (χ3n) is 3.57. The van der Waals surface area contributed by atoms with E-state index >= 15 is 0 Å². The molecule has 0 saturated carbocycles. The molecule has 0 fully saturated rings. The van der Waals surface area contributed by atoms with Crippen LogP contribution in [0.25, 0.3) is 0 Å². The minimum atomic E-state index is -0.0291. The largest absolute Gasteiger partial charge is 0.457 e. The van der Waals surface area contributed by atoms with Crippen LogP contribution in [0.15, 0.2) is 54.3 Å². The molecule has 0 saturated heterocycles. The van der Waals surface area contributed by atoms with Crippen molar-refractivity contribution < 1.29 is 9.53 Å². The van der Waals surface area contributed by atoms with Crippen LogP contribution < -0.4 is 10.1 Å². The summed E-state index contributed by atoms with van der Waals surface area (Å²) < 4.78 is 5.91. The minimum absolute atomic E-state index is 0.0291. The predicted octanol–water partition coefficient (Wildman–Crippen LogP) is 2.92. The van der Waals surface area contributed by atoms with E-state index in [4.69, 9.17) is 4.74 Å². The topological polar surface area (TPSA) is 38.3 Å². The van der Waals surface area contributed by atoms with E-state index in [0.717, 1.165) is 22.6 Å². The molecule has 3 nitrogen and oxygen atoms in total. The van der Waals surface area contributed by atoms with Gasteiger partial charge in [0.05, 0.1) is 0 Å². The van der Waals surface area contributed by atoms with E-state index < -0.39 is 0 Å². The first-order valence-electron chi connectivity index (χ1n) is 6.34. The molecule has 1 N–H and O–H groups in total. The van der Waals surface area contributed by atoms with Crippen LogP contribution in [0.1, 0.15) is 28.8 Å². The maximum Gasteiger partial charge on any atom is 0.251 e. The SMILES string of the molecule is C=C/C=C1\C(=C/C)Oc2cccc3c2C1CNC3=O. The Morgan fingerprint density at radius 3 is 3.05 bits per heavy atom. The van der Waals surface area contributed by atoms with Crippen molar-refractivity contribution in [3.8, 4) is 5.75 Å². The van der Waals surface area contributed by atoms with Gasteiger partial charge in [0.15, 0.2) is 0 Å². The highest BCUT2D eigenvalue weighted by molar-refractivity contribution is 5.98. The van der Waals surface area contributed by atoms with Crippen molar-refractivity contribution in [2.45, 2.75) is 12.8 Å². The van der Waals surface area contributed by atoms with Gasteiger partial charge in [-0.25, -0.2) is 0 Å². The van der Waals surface area contributed by atoms with E-state index in [1.165, 1.54) is 0 Å². The highest BCUT2D eigenvalue weighted by atomic mass is 16.5. The molecule has 0 aliphatic carbocycles. The molecule has 1 atom stereocenters. The summed E-state index contributed by atoms with van der Waals surface area (Å²) in [5.74, 6) is 1.73. The highest BCUT2D eigenvalue weighted by Crippen LogP contribution is 2.44. The summed E-state index contributed by atoms with van der Waals surface area (Å²) in [6.45, 7) is 6.30. The van der Waals surface area contributed by atoms with Gasteiger partial charge in [-0.3, -0.25) is 4.79 Å². The van der Waals surface area contributed by atoms with Crippen LogP contribution in [0.3, 0.4) is 0 Å². The Morgan fingerprint density at radius 1 is 1.47 bits per heavy atom. The molecule has 1 aromatic rings. The predicted molar refractivity (Wildman–Crippen MR) is 74.2 cm³/mol. The number of nitrogens with one attached hydrogen (secondary N) is 1. The second-order valence-corrected chi connectivity index (χ2v) is 4.59. The zero-order valence-corrected chi connectivity index (χ0v) is 10.8. The molecule has 2 heterocycles. The Hall–Kier alpha value is -2.29. The Bertz CT molecular complexity index is 626. The standard InChI is InChI=1S/C16H15NO2/c1-3-6-10-12-9-17-16(18)11-7-5-8-14(15(11)12)19-13(10)4-2/h3-8,12H,1,9H2,2H3,(H,17,18)/b10-6-,13-4+. The lowest BCUT2D eigenvalue weighted by Crippen LogP contribution is -2.38. The molecule has 3 rings (SSSR count). The van der Waals surface area contributed by atoms with Gasteiger partial charge in [0, 0.05) is 29.2 Å². The highest BCUT2D eigenvalue weighted by Gasteiger charge is 2.35. The van der Waals surface area contributed by atoms with E-state index in [9.17, 15) is 4.79 Å². The first-order chi connectivity index (χ1) is 9.26. The summed E-state index contributed by atoms with van der Waals surface area (Å²) in [6.07, 6.45) is 5.66. The van der Waals surface area contributed by atoms with Crippen molar-refractivity contribution in [3.05, 3.63) is 65.5 Å². The fourth-order valence-electron chi connectivity index (χ4n) is 2.75. The van der Waals surface area contributed by atoms with E-state index in [1.807, 2.05) is 37.3 Å². The lowest BCUT2D eigenvalue weighted by atomic mass is 9.81. The van der Waals surface area contributed by atoms with Crippen molar-refractivity contribution in [2.75, 3.05) is 6.54 Å². The van der Waals surface area contributed by atoms with E-state index in [-0.39, 0.29) is 11.8 Å². The second-order valence-electron chi connectivity index (χ2n) is 4.59. The van der Waals surface area contributed by atoms with Crippen molar-refractivity contribution in [2.24, 2.45) is 0 Å². The maximum atomic E-state index is 11.9. The van der Waals surface area contributed by atoms with Crippen LogP contribution in [0.2, 0.25) is 0 Å². The number of hydrogen-bond acceptors (Lipinski definition) is 2. The van der Waals surface area contributed by atoms with Gasteiger partial charge in [-0.15, -0.1) is 0 Å². The van der Waals surface area contributed by atoms with Crippen molar-refractivity contribution >= 4 is 5.91 Å². The van der Waals surface area contributed by atoms with Crippen LogP contribution in [-0.4, -0.2) is 12.5 Å². The number of rotatable bonds is 1. The third-order valence-corrected chi connectivity index (χ3v) is 3.57. The number of ether oxygens (including phenoxy) is 1. The lowest BCUT2D eigenvalue weighted by Gasteiger charge is -2.34. The van der Waals surface area contributed by atoms with Crippen molar-refractivity contribution in [3.63, 3.8) is 0 Å². The van der Waals surface area contributed by atoms with Crippen LogP contribution in [0.5, 0.6) is 5.75 Å². The monoisotopic (exact) mass is 253 g/mol. The zero-order valence-electron chi connectivity index (χ0n) is 10.8. The van der Waals surface area contributed by atoms with Gasteiger partial charge in [-0.2, -0.15) is 0 Å². The van der Waals surface area contributed by atoms with Gasteiger partial charge < -0.3 is 10.1 Å². The summed E-state index contributed by atoms with van der Waals surface area (Å²) in [7, 11) is 0.